The quantitative estimate of drug-likeness (QED) is 0.526. The number of carbonyl (C=O) groups is 1. The zero-order valence-electron chi connectivity index (χ0n) is 17.5. The van der Waals surface area contributed by atoms with E-state index >= 15 is 0 Å². The first-order valence-electron chi connectivity index (χ1n) is 11.1. The maximum atomic E-state index is 13.6. The number of hydrogen-bond donors (Lipinski definition) is 1. The number of hydrogen-bond acceptors (Lipinski definition) is 4. The van der Waals surface area contributed by atoms with Gasteiger partial charge in [0, 0.05) is 11.2 Å². The van der Waals surface area contributed by atoms with Gasteiger partial charge < -0.3 is 5.32 Å². The predicted molar refractivity (Wildman–Crippen MR) is 124 cm³/mol. The molecule has 0 aliphatic heterocycles. The van der Waals surface area contributed by atoms with Crippen molar-refractivity contribution in [1.82, 2.24) is 24.5 Å². The monoisotopic (exact) mass is 514 g/mol. The largest absolute Gasteiger partial charge is 0.323 e. The van der Waals surface area contributed by atoms with Crippen molar-refractivity contribution in [3.8, 4) is 0 Å². The zero-order chi connectivity index (χ0) is 21.9. The number of benzene rings is 1. The fraction of sp³-hybridized carbons (Fsp3) is 0.478. The van der Waals surface area contributed by atoms with Crippen LogP contribution in [0.15, 0.2) is 47.7 Å². The Morgan fingerprint density at radius 2 is 2.06 bits per heavy atom. The van der Waals surface area contributed by atoms with Crippen LogP contribution in [0.1, 0.15) is 44.1 Å². The molecule has 4 saturated carbocycles. The average molecular weight is 516 g/mol. The van der Waals surface area contributed by atoms with Gasteiger partial charge in [0.05, 0.1) is 29.4 Å². The minimum absolute atomic E-state index is 0.1000. The lowest BCUT2D eigenvalue weighted by molar-refractivity contribution is -0.150. The summed E-state index contributed by atoms with van der Waals surface area (Å²) in [5.41, 5.74) is 1.36. The molecule has 9 heteroatoms. The van der Waals surface area contributed by atoms with Crippen LogP contribution in [-0.4, -0.2) is 30.5 Å². The Bertz CT molecular complexity index is 1170. The molecule has 1 aromatic carbocycles. The van der Waals surface area contributed by atoms with Crippen LogP contribution < -0.4 is 5.32 Å². The minimum Gasteiger partial charge on any atom is -0.323 e. The van der Waals surface area contributed by atoms with Crippen molar-refractivity contribution in [3.05, 3.63) is 58.3 Å². The summed E-state index contributed by atoms with van der Waals surface area (Å²) in [4.78, 5) is 17.9. The second-order valence-corrected chi connectivity index (χ2v) is 11.1. The molecular weight excluding hydrogens is 492 g/mol. The molecule has 3 aromatic rings. The maximum Gasteiger partial charge on any atom is 0.230 e. The van der Waals surface area contributed by atoms with Gasteiger partial charge in [-0.05, 0) is 84.0 Å². The number of aromatic nitrogens is 5. The zero-order valence-corrected chi connectivity index (χ0v) is 19.9. The number of nitrogens with zero attached hydrogens (tertiary/aromatic N) is 5. The van der Waals surface area contributed by atoms with Crippen molar-refractivity contribution in [2.75, 3.05) is 5.32 Å². The molecule has 4 fully saturated rings. The van der Waals surface area contributed by atoms with Crippen LogP contribution in [0.4, 0.5) is 5.69 Å². The molecular formula is C23H24BrClN6O. The summed E-state index contributed by atoms with van der Waals surface area (Å²) in [5.74, 6) is 1.25. The van der Waals surface area contributed by atoms with Crippen LogP contribution in [-0.2, 0) is 16.9 Å². The Hall–Kier alpha value is -2.19. The summed E-state index contributed by atoms with van der Waals surface area (Å²) in [5, 5.41) is 12.9. The van der Waals surface area contributed by atoms with E-state index in [4.69, 9.17) is 11.6 Å². The highest BCUT2D eigenvalue weighted by Crippen LogP contribution is 2.64. The van der Waals surface area contributed by atoms with Gasteiger partial charge in [-0.15, -0.1) is 5.10 Å². The lowest BCUT2D eigenvalue weighted by Gasteiger charge is -2.60. The highest BCUT2D eigenvalue weighted by molar-refractivity contribution is 9.10. The highest BCUT2D eigenvalue weighted by atomic mass is 79.9. The summed E-state index contributed by atoms with van der Waals surface area (Å²) in [6, 6.07) is 7.73. The number of halogens is 2. The molecule has 2 atom stereocenters. The average Bonchev–Trinajstić information content (AvgIpc) is 3.36. The van der Waals surface area contributed by atoms with Gasteiger partial charge in [0.15, 0.2) is 0 Å². The number of anilines is 1. The van der Waals surface area contributed by atoms with E-state index < -0.39 is 0 Å². The molecule has 0 radical (unpaired) electrons. The Labute approximate surface area is 199 Å². The molecule has 4 aliphatic carbocycles. The lowest BCUT2D eigenvalue weighted by atomic mass is 9.46. The van der Waals surface area contributed by atoms with Crippen molar-refractivity contribution in [2.45, 2.75) is 50.6 Å². The highest BCUT2D eigenvalue weighted by Gasteiger charge is 2.61. The van der Waals surface area contributed by atoms with E-state index in [1.807, 2.05) is 46.2 Å². The molecule has 1 amide bonds. The van der Waals surface area contributed by atoms with Crippen LogP contribution in [0.3, 0.4) is 0 Å². The molecule has 4 aliphatic rings. The Balaban J connectivity index is 1.22. The van der Waals surface area contributed by atoms with E-state index in [1.54, 1.807) is 6.20 Å². The van der Waals surface area contributed by atoms with Crippen LogP contribution in [0.5, 0.6) is 0 Å². The van der Waals surface area contributed by atoms with Crippen LogP contribution in [0, 0.1) is 17.3 Å². The fourth-order valence-electron chi connectivity index (χ4n) is 6.82. The number of nitrogens with one attached hydrogen (secondary N) is 1. The predicted octanol–water partition coefficient (Wildman–Crippen LogP) is 4.87. The molecule has 2 aromatic heterocycles. The summed E-state index contributed by atoms with van der Waals surface area (Å²) >= 11 is 9.48. The molecule has 1 N–H and O–H groups in total. The molecule has 0 spiro atoms. The van der Waals surface area contributed by atoms with Crippen molar-refractivity contribution in [1.29, 1.82) is 0 Å². The first kappa shape index (κ1) is 20.4. The standard InChI is InChI=1S/C23H24BrClN6O/c24-21-26-14-31(29-21)23-8-16-4-17(9-23)7-22(6-16,13-23)20(32)28-19-10-27-30(12-19)11-15-2-1-3-18(25)5-15/h1-3,5,10,12,14,16-17H,4,6-9,11,13H2,(H,28,32). The van der Waals surface area contributed by atoms with E-state index in [0.29, 0.717) is 28.1 Å². The Kier molecular flexibility index (Phi) is 4.73. The van der Waals surface area contributed by atoms with Crippen LogP contribution in [0.25, 0.3) is 0 Å². The third-order valence-corrected chi connectivity index (χ3v) is 8.18. The van der Waals surface area contributed by atoms with E-state index in [0.717, 1.165) is 43.4 Å². The number of rotatable bonds is 5. The summed E-state index contributed by atoms with van der Waals surface area (Å²) in [6.45, 7) is 0.607. The second kappa shape index (κ2) is 7.42. The van der Waals surface area contributed by atoms with Gasteiger partial charge in [0.1, 0.15) is 6.33 Å². The molecule has 4 bridgehead atoms. The molecule has 32 heavy (non-hydrogen) atoms. The van der Waals surface area contributed by atoms with Crippen molar-refractivity contribution >= 4 is 39.1 Å². The van der Waals surface area contributed by atoms with Gasteiger partial charge in [-0.2, -0.15) is 5.10 Å². The van der Waals surface area contributed by atoms with Gasteiger partial charge in [-0.1, -0.05) is 23.7 Å². The Morgan fingerprint density at radius 1 is 1.25 bits per heavy atom. The Morgan fingerprint density at radius 3 is 2.78 bits per heavy atom. The van der Waals surface area contributed by atoms with Crippen LogP contribution >= 0.6 is 27.5 Å². The molecule has 2 unspecified atom stereocenters. The molecule has 2 heterocycles. The molecule has 7 nitrogen and oxygen atoms in total. The van der Waals surface area contributed by atoms with E-state index in [9.17, 15) is 4.79 Å². The van der Waals surface area contributed by atoms with Gasteiger partial charge in [0.25, 0.3) is 0 Å². The second-order valence-electron chi connectivity index (χ2n) is 9.93. The summed E-state index contributed by atoms with van der Waals surface area (Å²) in [7, 11) is 0. The van der Waals surface area contributed by atoms with Crippen molar-refractivity contribution < 1.29 is 4.79 Å². The first-order valence-corrected chi connectivity index (χ1v) is 12.2. The first-order chi connectivity index (χ1) is 15.4. The molecule has 7 rings (SSSR count). The third kappa shape index (κ3) is 3.48. The number of carbonyl (C=O) groups excluding carboxylic acids is 1. The lowest BCUT2D eigenvalue weighted by Crippen LogP contribution is -2.60. The summed E-state index contributed by atoms with van der Waals surface area (Å²) < 4.78 is 4.47. The van der Waals surface area contributed by atoms with Gasteiger partial charge >= 0.3 is 0 Å². The van der Waals surface area contributed by atoms with Gasteiger partial charge in [-0.3, -0.25) is 9.48 Å². The third-order valence-electron chi connectivity index (χ3n) is 7.59. The smallest absolute Gasteiger partial charge is 0.230 e. The topological polar surface area (TPSA) is 77.6 Å². The van der Waals surface area contributed by atoms with Crippen LogP contribution in [0.2, 0.25) is 5.02 Å². The van der Waals surface area contributed by atoms with Gasteiger partial charge in [-0.25, -0.2) is 9.67 Å². The number of amides is 1. The normalized spacial score (nSPS) is 30.6. The SMILES string of the molecule is O=C(Nc1cnn(Cc2cccc(Cl)c2)c1)C12CC3CC(C1)CC(n1cnc(Br)n1)(C3)C2. The van der Waals surface area contributed by atoms with Crippen molar-refractivity contribution in [3.63, 3.8) is 0 Å². The molecule has 166 valence electrons. The molecule has 0 saturated heterocycles. The summed E-state index contributed by atoms with van der Waals surface area (Å²) in [6.07, 6.45) is 11.6. The van der Waals surface area contributed by atoms with E-state index in [2.05, 4.69) is 36.4 Å². The van der Waals surface area contributed by atoms with Crippen molar-refractivity contribution in [2.24, 2.45) is 17.3 Å². The van der Waals surface area contributed by atoms with E-state index in [-0.39, 0.29) is 16.9 Å². The minimum atomic E-state index is -0.350. The fourth-order valence-corrected chi connectivity index (χ4v) is 7.30. The van der Waals surface area contributed by atoms with Gasteiger partial charge in [0.2, 0.25) is 10.6 Å². The van der Waals surface area contributed by atoms with E-state index in [1.165, 1.54) is 6.42 Å². The maximum absolute atomic E-state index is 13.6.